The van der Waals surface area contributed by atoms with Crippen molar-refractivity contribution in [3.63, 3.8) is 0 Å². The van der Waals surface area contributed by atoms with Gasteiger partial charge in [0.05, 0.1) is 5.02 Å². The second kappa shape index (κ2) is 7.95. The smallest absolute Gasteiger partial charge is 0.243 e. The molecule has 5 unspecified atom stereocenters. The molecule has 1 aromatic carbocycles. The molecule has 0 saturated heterocycles. The first-order valence-corrected chi connectivity index (χ1v) is 13.8. The largest absolute Gasteiger partial charge is 0.369 e. The number of hydrogen-bond acceptors (Lipinski definition) is 4. The highest BCUT2D eigenvalue weighted by atomic mass is 35.5. The molecule has 5 atom stereocenters. The minimum atomic E-state index is -3.96. The molecule has 4 fully saturated rings. The Bertz CT molecular complexity index is 1090. The van der Waals surface area contributed by atoms with Gasteiger partial charge in [-0.05, 0) is 87.7 Å². The van der Waals surface area contributed by atoms with Crippen LogP contribution >= 0.6 is 11.6 Å². The minimum absolute atomic E-state index is 0.000340. The number of nitrogens with one attached hydrogen (secondary N) is 1. The van der Waals surface area contributed by atoms with Gasteiger partial charge in [0.2, 0.25) is 21.8 Å². The number of primary amides is 1. The maximum absolute atomic E-state index is 13.8. The standard InChI is InChI=1S/C24H32ClN3O4S/c1-28(19-12-15-7-10-23(21(26)29)13-16(15)11-17(19)14-23)22(30)24(8-4-9-24)27-33(31,32)20-6-3-2-5-18(20)25/h2-3,5-6,15-17,19,27H,4,7-14H2,1H3,(H2,26,29). The molecule has 4 aliphatic carbocycles. The van der Waals surface area contributed by atoms with Gasteiger partial charge in [0.15, 0.2) is 0 Å². The Labute approximate surface area is 200 Å². The topological polar surface area (TPSA) is 110 Å². The van der Waals surface area contributed by atoms with Crippen LogP contribution in [0.2, 0.25) is 5.02 Å². The Hall–Kier alpha value is -1.64. The molecule has 4 aliphatic rings. The van der Waals surface area contributed by atoms with E-state index in [1.54, 1.807) is 24.1 Å². The SMILES string of the molecule is CN(C(=O)C1(NS(=O)(=O)c2ccccc2Cl)CCC1)C1CC2CCC3(C(N)=O)CC2CC1C3. The van der Waals surface area contributed by atoms with Crippen molar-refractivity contribution in [3.8, 4) is 0 Å². The van der Waals surface area contributed by atoms with Gasteiger partial charge in [-0.1, -0.05) is 23.7 Å². The molecule has 180 valence electrons. The molecule has 2 amide bonds. The van der Waals surface area contributed by atoms with Crippen molar-refractivity contribution in [2.24, 2.45) is 28.9 Å². The van der Waals surface area contributed by atoms with Crippen LogP contribution in [0.3, 0.4) is 0 Å². The highest BCUT2D eigenvalue weighted by molar-refractivity contribution is 7.89. The molecule has 33 heavy (non-hydrogen) atoms. The molecule has 0 aromatic heterocycles. The van der Waals surface area contributed by atoms with E-state index < -0.39 is 21.0 Å². The van der Waals surface area contributed by atoms with Crippen molar-refractivity contribution >= 4 is 33.4 Å². The number of halogens is 1. The number of carbonyl (C=O) groups excluding carboxylic acids is 2. The summed E-state index contributed by atoms with van der Waals surface area (Å²) in [6.07, 6.45) is 7.09. The first-order chi connectivity index (χ1) is 15.6. The van der Waals surface area contributed by atoms with Gasteiger partial charge in [-0.2, -0.15) is 4.72 Å². The number of amides is 2. The predicted octanol–water partition coefficient (Wildman–Crippen LogP) is 3.07. The third kappa shape index (κ3) is 3.69. The van der Waals surface area contributed by atoms with E-state index in [1.807, 2.05) is 0 Å². The molecule has 0 radical (unpaired) electrons. The van der Waals surface area contributed by atoms with E-state index in [1.165, 1.54) is 12.1 Å². The number of carbonyl (C=O) groups is 2. The van der Waals surface area contributed by atoms with Crippen LogP contribution in [0.1, 0.15) is 57.8 Å². The average molecular weight is 494 g/mol. The molecule has 9 heteroatoms. The van der Waals surface area contributed by atoms with Gasteiger partial charge >= 0.3 is 0 Å². The first-order valence-electron chi connectivity index (χ1n) is 11.9. The van der Waals surface area contributed by atoms with Gasteiger partial charge in [-0.3, -0.25) is 9.59 Å². The number of sulfonamides is 1. The third-order valence-electron chi connectivity index (χ3n) is 9.07. The number of fused-ring (bicyclic) bond motifs is 2. The normalized spacial score (nSPS) is 34.4. The minimum Gasteiger partial charge on any atom is -0.369 e. The average Bonchev–Trinajstić information content (AvgIpc) is 2.74. The van der Waals surface area contributed by atoms with Gasteiger partial charge < -0.3 is 10.6 Å². The Balaban J connectivity index is 1.38. The summed E-state index contributed by atoms with van der Waals surface area (Å²) in [6, 6.07) is 6.27. The zero-order valence-corrected chi connectivity index (χ0v) is 20.5. The van der Waals surface area contributed by atoms with E-state index in [4.69, 9.17) is 17.3 Å². The van der Waals surface area contributed by atoms with Crippen LogP contribution < -0.4 is 10.5 Å². The Morgan fingerprint density at radius 3 is 2.42 bits per heavy atom. The third-order valence-corrected chi connectivity index (χ3v) is 11.1. The molecule has 7 nitrogen and oxygen atoms in total. The second-order valence-corrected chi connectivity index (χ2v) is 12.9. The maximum Gasteiger partial charge on any atom is 0.243 e. The van der Waals surface area contributed by atoms with Crippen molar-refractivity contribution in [2.75, 3.05) is 7.05 Å². The van der Waals surface area contributed by atoms with Crippen molar-refractivity contribution in [1.82, 2.24) is 9.62 Å². The Morgan fingerprint density at radius 1 is 1.09 bits per heavy atom. The molecule has 0 spiro atoms. The molecular formula is C24H32ClN3O4S. The Morgan fingerprint density at radius 2 is 1.79 bits per heavy atom. The van der Waals surface area contributed by atoms with Gasteiger partial charge in [0.25, 0.3) is 0 Å². The van der Waals surface area contributed by atoms with Crippen LogP contribution in [0, 0.1) is 23.2 Å². The van der Waals surface area contributed by atoms with Crippen LogP contribution in [0.15, 0.2) is 29.2 Å². The van der Waals surface area contributed by atoms with Gasteiger partial charge in [0, 0.05) is 18.5 Å². The Kier molecular flexibility index (Phi) is 5.57. The van der Waals surface area contributed by atoms with Crippen LogP contribution in [-0.4, -0.2) is 43.8 Å². The van der Waals surface area contributed by atoms with E-state index in [9.17, 15) is 18.0 Å². The van der Waals surface area contributed by atoms with E-state index in [0.717, 1.165) is 44.9 Å². The molecule has 5 rings (SSSR count). The van der Waals surface area contributed by atoms with Gasteiger partial charge in [0.1, 0.15) is 10.4 Å². The number of nitrogens with zero attached hydrogens (tertiary/aromatic N) is 1. The van der Waals surface area contributed by atoms with E-state index in [-0.39, 0.29) is 33.7 Å². The van der Waals surface area contributed by atoms with Crippen molar-refractivity contribution in [1.29, 1.82) is 0 Å². The molecule has 1 aromatic rings. The second-order valence-electron chi connectivity index (χ2n) is 10.8. The van der Waals surface area contributed by atoms with E-state index in [2.05, 4.69) is 4.72 Å². The van der Waals surface area contributed by atoms with Gasteiger partial charge in [-0.25, -0.2) is 8.42 Å². The van der Waals surface area contributed by atoms with Crippen LogP contribution in [-0.2, 0) is 19.6 Å². The number of rotatable bonds is 6. The fourth-order valence-corrected chi connectivity index (χ4v) is 9.10. The quantitative estimate of drug-likeness (QED) is 0.634. The summed E-state index contributed by atoms with van der Waals surface area (Å²) in [5.74, 6) is 0.835. The summed E-state index contributed by atoms with van der Waals surface area (Å²) in [5.41, 5.74) is 4.27. The lowest BCUT2D eigenvalue weighted by Crippen LogP contribution is -2.66. The number of likely N-dealkylation sites (N-methyl/N-ethyl adjacent to an activating group) is 1. The van der Waals surface area contributed by atoms with Crippen LogP contribution in [0.4, 0.5) is 0 Å². The molecule has 3 N–H and O–H groups in total. The number of hydrogen-bond donors (Lipinski definition) is 2. The molecule has 0 heterocycles. The lowest BCUT2D eigenvalue weighted by Gasteiger charge is -2.58. The molecular weight excluding hydrogens is 462 g/mol. The highest BCUT2D eigenvalue weighted by Crippen LogP contribution is 2.59. The molecule has 0 aliphatic heterocycles. The summed E-state index contributed by atoms with van der Waals surface area (Å²) in [7, 11) is -2.15. The summed E-state index contributed by atoms with van der Waals surface area (Å²) < 4.78 is 29.0. The number of nitrogens with two attached hydrogens (primary N) is 1. The van der Waals surface area contributed by atoms with Crippen molar-refractivity contribution < 1.29 is 18.0 Å². The lowest BCUT2D eigenvalue weighted by molar-refractivity contribution is -0.153. The van der Waals surface area contributed by atoms with Gasteiger partial charge in [-0.15, -0.1) is 0 Å². The summed E-state index contributed by atoms with van der Waals surface area (Å²) in [4.78, 5) is 27.9. The summed E-state index contributed by atoms with van der Waals surface area (Å²) >= 11 is 6.14. The zero-order chi connectivity index (χ0) is 23.6. The van der Waals surface area contributed by atoms with E-state index >= 15 is 0 Å². The fourth-order valence-electron chi connectivity index (χ4n) is 7.16. The van der Waals surface area contributed by atoms with Crippen molar-refractivity contribution in [2.45, 2.75) is 74.3 Å². The summed E-state index contributed by atoms with van der Waals surface area (Å²) in [5, 5.41) is 0.133. The predicted molar refractivity (Wildman–Crippen MR) is 125 cm³/mol. The maximum atomic E-state index is 13.8. The highest BCUT2D eigenvalue weighted by Gasteiger charge is 2.57. The molecule has 4 saturated carbocycles. The van der Waals surface area contributed by atoms with Crippen LogP contribution in [0.5, 0.6) is 0 Å². The zero-order valence-electron chi connectivity index (χ0n) is 18.9. The fraction of sp³-hybridized carbons (Fsp3) is 0.667. The monoisotopic (exact) mass is 493 g/mol. The van der Waals surface area contributed by atoms with E-state index in [0.29, 0.717) is 24.7 Å². The lowest BCUT2D eigenvalue weighted by atomic mass is 9.50. The van der Waals surface area contributed by atoms with Crippen LogP contribution in [0.25, 0.3) is 0 Å². The van der Waals surface area contributed by atoms with Crippen molar-refractivity contribution in [3.05, 3.63) is 29.3 Å². The molecule has 3 bridgehead atoms. The summed E-state index contributed by atoms with van der Waals surface area (Å²) in [6.45, 7) is 0. The first kappa shape index (κ1) is 23.1. The number of benzene rings is 1.